The topological polar surface area (TPSA) is 174 Å². The van der Waals surface area contributed by atoms with Crippen molar-refractivity contribution in [1.82, 2.24) is 14.6 Å². The molecule has 12 nitrogen and oxygen atoms in total. The molecular weight excluding hydrogens is 389 g/mol. The molecule has 0 bridgehead atoms. The largest absolute Gasteiger partial charge is 1.00 e. The van der Waals surface area contributed by atoms with Gasteiger partial charge in [-0.25, -0.2) is 9.29 Å². The molecule has 134 valence electrons. The first-order valence-corrected chi connectivity index (χ1v) is 8.42. The van der Waals surface area contributed by atoms with Crippen molar-refractivity contribution in [2.24, 2.45) is 5.16 Å². The molecule has 2 rings (SSSR count). The number of carbonyl (C=O) groups excluding carboxylic acids is 2. The summed E-state index contributed by atoms with van der Waals surface area (Å²) >= 11 is 1.06. The summed E-state index contributed by atoms with van der Waals surface area (Å²) in [6.45, 7) is -0.605. The van der Waals surface area contributed by atoms with Crippen LogP contribution in [-0.4, -0.2) is 66.3 Å². The standard InChI is InChI=1S/C10H13N5O7S2.Na.H/c1-21-10(4-15(8(10)17)24(18,19)20)13-7(16)6(14-22-2)5-3-23-9(11)12-5;;/h3H,4H2,1-2H3,(H2,11,12)(H,13,16)(H,18,19,20);;/q;+1;-1. The molecule has 2 amide bonds. The van der Waals surface area contributed by atoms with Crippen molar-refractivity contribution in [2.45, 2.75) is 5.72 Å². The van der Waals surface area contributed by atoms with Crippen LogP contribution in [-0.2, 0) is 29.5 Å². The number of hydrogen-bond acceptors (Lipinski definition) is 10. The van der Waals surface area contributed by atoms with E-state index in [4.69, 9.17) is 15.0 Å². The van der Waals surface area contributed by atoms with E-state index in [0.717, 1.165) is 18.4 Å². The molecular formula is C10H14N5NaO7S2. The number of β-lactam (4-membered cyclic amide) rings is 1. The van der Waals surface area contributed by atoms with Gasteiger partial charge < -0.3 is 22.1 Å². The Labute approximate surface area is 170 Å². The molecule has 1 unspecified atom stereocenters. The van der Waals surface area contributed by atoms with Gasteiger partial charge in [-0.3, -0.25) is 14.1 Å². The molecule has 1 atom stereocenters. The number of methoxy groups -OCH3 is 1. The van der Waals surface area contributed by atoms with Crippen LogP contribution >= 0.6 is 11.3 Å². The van der Waals surface area contributed by atoms with Gasteiger partial charge in [-0.1, -0.05) is 5.16 Å². The van der Waals surface area contributed by atoms with Crippen LogP contribution in [0.25, 0.3) is 0 Å². The zero-order valence-electron chi connectivity index (χ0n) is 14.4. The van der Waals surface area contributed by atoms with E-state index in [1.807, 2.05) is 0 Å². The minimum absolute atomic E-state index is 0. The molecule has 1 fully saturated rings. The number of nitrogen functional groups attached to an aromatic ring is 1. The number of nitrogens with one attached hydrogen (secondary N) is 1. The number of carbonyl (C=O) groups is 2. The van der Waals surface area contributed by atoms with E-state index in [1.165, 1.54) is 12.5 Å². The zero-order chi connectivity index (χ0) is 18.1. The second-order valence-electron chi connectivity index (χ2n) is 4.47. The van der Waals surface area contributed by atoms with Crippen LogP contribution in [0.5, 0.6) is 0 Å². The van der Waals surface area contributed by atoms with Crippen molar-refractivity contribution in [3.8, 4) is 0 Å². The molecule has 4 N–H and O–H groups in total. The molecule has 25 heavy (non-hydrogen) atoms. The van der Waals surface area contributed by atoms with Gasteiger partial charge in [0.15, 0.2) is 10.8 Å². The van der Waals surface area contributed by atoms with E-state index in [1.54, 1.807) is 0 Å². The van der Waals surface area contributed by atoms with Crippen LogP contribution in [0.3, 0.4) is 0 Å². The summed E-state index contributed by atoms with van der Waals surface area (Å²) in [5.41, 5.74) is 3.34. The molecule has 1 saturated heterocycles. The molecule has 1 aliphatic rings. The molecule has 0 aliphatic carbocycles. The number of aromatic nitrogens is 1. The maximum Gasteiger partial charge on any atom is 1.00 e. The van der Waals surface area contributed by atoms with Crippen molar-refractivity contribution >= 4 is 44.3 Å². The van der Waals surface area contributed by atoms with E-state index in [9.17, 15) is 18.0 Å². The van der Waals surface area contributed by atoms with Gasteiger partial charge in [0.2, 0.25) is 5.72 Å². The van der Waals surface area contributed by atoms with E-state index >= 15 is 0 Å². The van der Waals surface area contributed by atoms with E-state index in [-0.39, 0.29) is 51.8 Å². The summed E-state index contributed by atoms with van der Waals surface area (Å²) in [7, 11) is -2.45. The average molecular weight is 403 g/mol. The predicted molar refractivity (Wildman–Crippen MR) is 82.3 cm³/mol. The Morgan fingerprint density at radius 2 is 2.24 bits per heavy atom. The second kappa shape index (κ2) is 7.94. The summed E-state index contributed by atoms with van der Waals surface area (Å²) in [4.78, 5) is 32.8. The van der Waals surface area contributed by atoms with Crippen molar-refractivity contribution in [2.75, 3.05) is 26.5 Å². The third-order valence-corrected chi connectivity index (χ3v) is 4.57. The number of nitrogens with two attached hydrogens (primary N) is 1. The van der Waals surface area contributed by atoms with Gasteiger partial charge >= 0.3 is 39.9 Å². The summed E-state index contributed by atoms with van der Waals surface area (Å²) < 4.78 is 35.9. The maximum absolute atomic E-state index is 12.4. The molecule has 0 aromatic carbocycles. The summed E-state index contributed by atoms with van der Waals surface area (Å²) in [6, 6.07) is 0. The van der Waals surface area contributed by atoms with Gasteiger partial charge in [0.05, 0.1) is 6.54 Å². The van der Waals surface area contributed by atoms with Crippen molar-refractivity contribution in [3.63, 3.8) is 0 Å². The molecule has 0 radical (unpaired) electrons. The van der Waals surface area contributed by atoms with Crippen molar-refractivity contribution in [3.05, 3.63) is 11.1 Å². The minimum atomic E-state index is -4.74. The first-order chi connectivity index (χ1) is 11.1. The van der Waals surface area contributed by atoms with Crippen LogP contribution in [0.4, 0.5) is 5.13 Å². The summed E-state index contributed by atoms with van der Waals surface area (Å²) in [5.74, 6) is -2.07. The first kappa shape index (κ1) is 21.8. The number of rotatable bonds is 6. The van der Waals surface area contributed by atoms with Gasteiger partial charge in [0.25, 0.3) is 11.8 Å². The first-order valence-electron chi connectivity index (χ1n) is 6.14. The van der Waals surface area contributed by atoms with Crippen LogP contribution in [0.15, 0.2) is 10.5 Å². The summed E-state index contributed by atoms with van der Waals surface area (Å²) in [6.07, 6.45) is 0. The van der Waals surface area contributed by atoms with Gasteiger partial charge in [-0.2, -0.15) is 8.42 Å². The molecule has 2 heterocycles. The van der Waals surface area contributed by atoms with Crippen molar-refractivity contribution in [1.29, 1.82) is 0 Å². The van der Waals surface area contributed by atoms with E-state index in [2.05, 4.69) is 20.3 Å². The summed E-state index contributed by atoms with van der Waals surface area (Å²) in [5, 5.41) is 7.36. The molecule has 1 aliphatic heterocycles. The number of hydrogen-bond donors (Lipinski definition) is 3. The predicted octanol–water partition coefficient (Wildman–Crippen LogP) is -4.70. The van der Waals surface area contributed by atoms with Crippen LogP contribution < -0.4 is 40.6 Å². The number of anilines is 1. The molecule has 0 saturated carbocycles. The average Bonchev–Trinajstić information content (AvgIpc) is 2.92. The quantitative estimate of drug-likeness (QED) is 0.105. The van der Waals surface area contributed by atoms with Crippen LogP contribution in [0.2, 0.25) is 0 Å². The van der Waals surface area contributed by atoms with Gasteiger partial charge in [-0.15, -0.1) is 11.3 Å². The second-order valence-corrected chi connectivity index (χ2v) is 6.69. The third-order valence-electron chi connectivity index (χ3n) is 3.04. The number of oxime groups is 1. The fraction of sp³-hybridized carbons (Fsp3) is 0.400. The maximum atomic E-state index is 12.4. The Hall–Kier alpha value is -1.29. The van der Waals surface area contributed by atoms with Gasteiger partial charge in [0, 0.05) is 12.5 Å². The van der Waals surface area contributed by atoms with Crippen LogP contribution in [0.1, 0.15) is 7.12 Å². The molecule has 0 spiro atoms. The van der Waals surface area contributed by atoms with E-state index in [0.29, 0.717) is 0 Å². The number of nitrogens with zero attached hydrogens (tertiary/aromatic N) is 3. The third kappa shape index (κ3) is 4.28. The van der Waals surface area contributed by atoms with Gasteiger partial charge in [0.1, 0.15) is 12.8 Å². The Balaban J connectivity index is 0.00000312. The monoisotopic (exact) mass is 403 g/mol. The smallest absolute Gasteiger partial charge is 1.00 e. The number of amides is 2. The number of ether oxygens (including phenoxy) is 1. The van der Waals surface area contributed by atoms with Gasteiger partial charge in [-0.05, 0) is 0 Å². The Morgan fingerprint density at radius 3 is 2.64 bits per heavy atom. The fourth-order valence-electron chi connectivity index (χ4n) is 1.87. The molecule has 15 heteroatoms. The Morgan fingerprint density at radius 1 is 1.60 bits per heavy atom. The SMILES string of the molecule is CON=C(C(=O)NC1(OC)CN(S(=O)(=O)O)C1=O)c1csc(N)n1.[H-].[Na+]. The minimum Gasteiger partial charge on any atom is -1.00 e. The fourth-order valence-corrected chi connectivity index (χ4v) is 3.12. The van der Waals surface area contributed by atoms with E-state index < -0.39 is 34.4 Å². The Kier molecular flexibility index (Phi) is 6.91. The molecule has 1 aromatic rings. The molecule has 1 aromatic heterocycles. The van der Waals surface area contributed by atoms with Crippen LogP contribution in [0, 0.1) is 0 Å². The van der Waals surface area contributed by atoms with Crippen molar-refractivity contribution < 1.29 is 63.1 Å². The Bertz CT molecular complexity index is 816. The number of thiazole rings is 1. The normalized spacial score (nSPS) is 20.5. The zero-order valence-corrected chi connectivity index (χ0v) is 17.0.